The van der Waals surface area contributed by atoms with Gasteiger partial charge in [-0.1, -0.05) is 112 Å². The van der Waals surface area contributed by atoms with E-state index in [0.29, 0.717) is 37.4 Å². The lowest BCUT2D eigenvalue weighted by Gasteiger charge is -2.32. The van der Waals surface area contributed by atoms with Crippen molar-refractivity contribution in [1.82, 2.24) is 10.2 Å². The van der Waals surface area contributed by atoms with Crippen LogP contribution < -0.4 is 5.32 Å². The van der Waals surface area contributed by atoms with Crippen LogP contribution in [0.25, 0.3) is 0 Å². The number of benzene rings is 3. The molecule has 1 unspecified atom stereocenters. The minimum atomic E-state index is -0.610. The Kier molecular flexibility index (Phi) is 11.0. The number of halogens is 1. The molecule has 0 fully saturated rings. The number of hydrogen-bond donors (Lipinski definition) is 1. The molecule has 0 saturated heterocycles. The molecule has 38 heavy (non-hydrogen) atoms. The third-order valence-corrected chi connectivity index (χ3v) is 7.07. The van der Waals surface area contributed by atoms with Gasteiger partial charge in [-0.15, -0.1) is 0 Å². The molecule has 0 heterocycles. The van der Waals surface area contributed by atoms with E-state index in [2.05, 4.69) is 57.3 Å². The lowest BCUT2D eigenvalue weighted by molar-refractivity contribution is -0.141. The van der Waals surface area contributed by atoms with Crippen molar-refractivity contribution in [2.24, 2.45) is 0 Å². The van der Waals surface area contributed by atoms with Crippen LogP contribution in [-0.2, 0) is 34.4 Å². The van der Waals surface area contributed by atoms with Crippen molar-refractivity contribution in [1.29, 1.82) is 0 Å². The van der Waals surface area contributed by atoms with Crippen LogP contribution in [0.3, 0.4) is 0 Å². The third kappa shape index (κ3) is 9.02. The zero-order valence-electron chi connectivity index (χ0n) is 23.2. The summed E-state index contributed by atoms with van der Waals surface area (Å²) in [5.41, 5.74) is 4.43. The lowest BCUT2D eigenvalue weighted by Crippen LogP contribution is -2.50. The Hall–Kier alpha value is -3.11. The summed E-state index contributed by atoms with van der Waals surface area (Å²) in [4.78, 5) is 29.0. The molecule has 0 aliphatic carbocycles. The topological polar surface area (TPSA) is 49.4 Å². The van der Waals surface area contributed by atoms with Gasteiger partial charge in [-0.25, -0.2) is 0 Å². The van der Waals surface area contributed by atoms with Gasteiger partial charge < -0.3 is 10.2 Å². The molecule has 2 amide bonds. The van der Waals surface area contributed by atoms with Crippen LogP contribution in [0.5, 0.6) is 0 Å². The second-order valence-electron chi connectivity index (χ2n) is 10.9. The van der Waals surface area contributed by atoms with Crippen molar-refractivity contribution in [2.45, 2.75) is 77.8 Å². The maximum absolute atomic E-state index is 13.8. The average molecular weight is 533 g/mol. The lowest BCUT2D eigenvalue weighted by atomic mass is 9.86. The molecule has 4 nitrogen and oxygen atoms in total. The van der Waals surface area contributed by atoms with Crippen LogP contribution in [0.4, 0.5) is 0 Å². The summed E-state index contributed by atoms with van der Waals surface area (Å²) in [6.07, 6.45) is 3.30. The zero-order valence-corrected chi connectivity index (χ0v) is 23.9. The predicted molar refractivity (Wildman–Crippen MR) is 157 cm³/mol. The van der Waals surface area contributed by atoms with Crippen molar-refractivity contribution < 1.29 is 9.59 Å². The van der Waals surface area contributed by atoms with E-state index >= 15 is 0 Å². The summed E-state index contributed by atoms with van der Waals surface area (Å²) in [5.74, 6) is -0.148. The molecule has 3 aromatic rings. The van der Waals surface area contributed by atoms with Crippen LogP contribution in [0, 0.1) is 0 Å². The summed E-state index contributed by atoms with van der Waals surface area (Å²) in [6.45, 7) is 9.62. The summed E-state index contributed by atoms with van der Waals surface area (Å²) in [7, 11) is 0. The first-order valence-corrected chi connectivity index (χ1v) is 14.0. The van der Waals surface area contributed by atoms with Gasteiger partial charge in [-0.05, 0) is 52.6 Å². The van der Waals surface area contributed by atoms with E-state index in [1.165, 1.54) is 5.56 Å². The Balaban J connectivity index is 1.85. The first-order valence-electron chi connectivity index (χ1n) is 13.6. The fourth-order valence-electron chi connectivity index (χ4n) is 4.41. The molecule has 0 spiro atoms. The van der Waals surface area contributed by atoms with E-state index in [9.17, 15) is 9.59 Å². The van der Waals surface area contributed by atoms with E-state index in [1.807, 2.05) is 54.6 Å². The van der Waals surface area contributed by atoms with Gasteiger partial charge in [-0.3, -0.25) is 9.59 Å². The van der Waals surface area contributed by atoms with Crippen LogP contribution >= 0.6 is 11.6 Å². The Morgan fingerprint density at radius 3 is 2.11 bits per heavy atom. The number of carbonyl (C=O) groups excluding carboxylic acids is 2. The molecule has 3 aromatic carbocycles. The van der Waals surface area contributed by atoms with Crippen LogP contribution in [0.1, 0.15) is 69.2 Å². The number of nitrogens with zero attached hydrogens (tertiary/aromatic N) is 1. The van der Waals surface area contributed by atoms with E-state index in [-0.39, 0.29) is 17.2 Å². The predicted octanol–water partition coefficient (Wildman–Crippen LogP) is 7.13. The van der Waals surface area contributed by atoms with Gasteiger partial charge in [-0.2, -0.15) is 0 Å². The zero-order chi connectivity index (χ0) is 27.5. The van der Waals surface area contributed by atoms with Crippen LogP contribution in [0.15, 0.2) is 78.9 Å². The summed E-state index contributed by atoms with van der Waals surface area (Å²) in [6, 6.07) is 25.3. The smallest absolute Gasteiger partial charge is 0.243 e. The number of rotatable bonds is 12. The molecule has 1 atom stereocenters. The van der Waals surface area contributed by atoms with Gasteiger partial charge >= 0.3 is 0 Å². The fourth-order valence-corrected chi connectivity index (χ4v) is 4.54. The molecule has 5 heteroatoms. The van der Waals surface area contributed by atoms with E-state index in [4.69, 9.17) is 11.6 Å². The van der Waals surface area contributed by atoms with Crippen molar-refractivity contribution in [3.8, 4) is 0 Å². The molecule has 202 valence electrons. The number of unbranched alkanes of at least 4 members (excludes halogenated alkanes) is 1. The molecule has 0 saturated carbocycles. The van der Waals surface area contributed by atoms with E-state index < -0.39 is 6.04 Å². The second-order valence-corrected chi connectivity index (χ2v) is 11.4. The minimum Gasteiger partial charge on any atom is -0.354 e. The Bertz CT molecular complexity index is 1150. The van der Waals surface area contributed by atoms with Crippen LogP contribution in [-0.4, -0.2) is 29.3 Å². The quantitative estimate of drug-likeness (QED) is 0.252. The summed E-state index contributed by atoms with van der Waals surface area (Å²) >= 11 is 6.11. The Morgan fingerprint density at radius 1 is 0.868 bits per heavy atom. The first kappa shape index (κ1) is 29.4. The number of amides is 2. The van der Waals surface area contributed by atoms with Gasteiger partial charge in [0.2, 0.25) is 11.8 Å². The second kappa shape index (κ2) is 14.2. The standard InChI is InChI=1S/C33H41ClN2O2/c1-5-6-22-35-32(38)30(23-26-10-8-7-9-11-26)36(24-27-14-19-29(34)20-15-27)31(37)21-16-25-12-17-28(18-13-25)33(2,3)4/h7-15,17-20,30H,5-6,16,21-24H2,1-4H3,(H,35,38). The largest absolute Gasteiger partial charge is 0.354 e. The molecule has 0 aromatic heterocycles. The SMILES string of the molecule is CCCCNC(=O)C(Cc1ccccc1)N(Cc1ccc(Cl)cc1)C(=O)CCc1ccc(C(C)(C)C)cc1. The molecular formula is C33H41ClN2O2. The highest BCUT2D eigenvalue weighted by atomic mass is 35.5. The van der Waals surface area contributed by atoms with Gasteiger partial charge in [0.25, 0.3) is 0 Å². The Labute approximate surface area is 233 Å². The van der Waals surface area contributed by atoms with E-state index in [1.54, 1.807) is 4.90 Å². The number of carbonyl (C=O) groups is 2. The van der Waals surface area contributed by atoms with E-state index in [0.717, 1.165) is 29.5 Å². The van der Waals surface area contributed by atoms with Crippen molar-refractivity contribution in [2.75, 3.05) is 6.54 Å². The minimum absolute atomic E-state index is 0.0357. The molecule has 0 bridgehead atoms. The highest BCUT2D eigenvalue weighted by Gasteiger charge is 2.30. The van der Waals surface area contributed by atoms with Gasteiger partial charge in [0.15, 0.2) is 0 Å². The number of aryl methyl sites for hydroxylation is 1. The van der Waals surface area contributed by atoms with Gasteiger partial charge in [0, 0.05) is 31.0 Å². The maximum Gasteiger partial charge on any atom is 0.243 e. The normalized spacial score (nSPS) is 12.1. The number of nitrogens with one attached hydrogen (secondary N) is 1. The highest BCUT2D eigenvalue weighted by molar-refractivity contribution is 6.30. The van der Waals surface area contributed by atoms with Crippen molar-refractivity contribution in [3.63, 3.8) is 0 Å². The maximum atomic E-state index is 13.8. The average Bonchev–Trinajstić information content (AvgIpc) is 2.90. The molecular weight excluding hydrogens is 492 g/mol. The highest BCUT2D eigenvalue weighted by Crippen LogP contribution is 2.23. The molecule has 1 N–H and O–H groups in total. The third-order valence-electron chi connectivity index (χ3n) is 6.81. The van der Waals surface area contributed by atoms with Gasteiger partial charge in [0.05, 0.1) is 0 Å². The fraction of sp³-hybridized carbons (Fsp3) is 0.394. The molecule has 0 radical (unpaired) electrons. The molecule has 0 aliphatic rings. The summed E-state index contributed by atoms with van der Waals surface area (Å²) in [5, 5.41) is 3.72. The number of hydrogen-bond acceptors (Lipinski definition) is 2. The molecule has 0 aliphatic heterocycles. The Morgan fingerprint density at radius 2 is 1.50 bits per heavy atom. The van der Waals surface area contributed by atoms with Crippen LogP contribution in [0.2, 0.25) is 5.02 Å². The first-order chi connectivity index (χ1) is 18.2. The monoisotopic (exact) mass is 532 g/mol. The summed E-state index contributed by atoms with van der Waals surface area (Å²) < 4.78 is 0. The van der Waals surface area contributed by atoms with Crippen molar-refractivity contribution in [3.05, 3.63) is 106 Å². The van der Waals surface area contributed by atoms with Gasteiger partial charge in [0.1, 0.15) is 6.04 Å². The van der Waals surface area contributed by atoms with Crippen molar-refractivity contribution >= 4 is 23.4 Å². The molecule has 3 rings (SSSR count).